The van der Waals surface area contributed by atoms with Gasteiger partial charge < -0.3 is 5.73 Å². The second-order valence-electron chi connectivity index (χ2n) is 6.61. The van der Waals surface area contributed by atoms with Gasteiger partial charge in [0.2, 0.25) is 0 Å². The first-order chi connectivity index (χ1) is 9.49. The predicted molar refractivity (Wildman–Crippen MR) is 87.1 cm³/mol. The van der Waals surface area contributed by atoms with E-state index < -0.39 is 0 Å². The summed E-state index contributed by atoms with van der Waals surface area (Å²) in [5, 5.41) is 0. The van der Waals surface area contributed by atoms with E-state index in [1.807, 2.05) is 0 Å². The van der Waals surface area contributed by atoms with Crippen molar-refractivity contribution in [3.05, 3.63) is 34.4 Å². The van der Waals surface area contributed by atoms with Gasteiger partial charge in [0.25, 0.3) is 0 Å². The highest BCUT2D eigenvalue weighted by Gasteiger charge is 2.21. The van der Waals surface area contributed by atoms with Crippen molar-refractivity contribution in [3.8, 4) is 0 Å². The summed E-state index contributed by atoms with van der Waals surface area (Å²) in [5.41, 5.74) is 11.9. The Labute approximate surface area is 124 Å². The Kier molecular flexibility index (Phi) is 5.22. The number of likely N-dealkylation sites (tertiary alicyclic amines) is 1. The van der Waals surface area contributed by atoms with Crippen LogP contribution in [0.4, 0.5) is 0 Å². The van der Waals surface area contributed by atoms with Gasteiger partial charge in [0.1, 0.15) is 0 Å². The Morgan fingerprint density at radius 3 is 2.45 bits per heavy atom. The first-order valence-electron chi connectivity index (χ1n) is 8.06. The highest BCUT2D eigenvalue weighted by atomic mass is 15.2. The van der Waals surface area contributed by atoms with Crippen molar-refractivity contribution in [3.63, 3.8) is 0 Å². The lowest BCUT2D eigenvalue weighted by atomic mass is 9.94. The van der Waals surface area contributed by atoms with Crippen LogP contribution in [0.2, 0.25) is 0 Å². The monoisotopic (exact) mass is 274 g/mol. The zero-order valence-electron chi connectivity index (χ0n) is 13.6. The summed E-state index contributed by atoms with van der Waals surface area (Å²) < 4.78 is 0. The van der Waals surface area contributed by atoms with E-state index in [0.717, 1.165) is 6.54 Å². The van der Waals surface area contributed by atoms with Crippen LogP contribution in [0.5, 0.6) is 0 Å². The highest BCUT2D eigenvalue weighted by molar-refractivity contribution is 5.39. The Balaban J connectivity index is 2.13. The minimum Gasteiger partial charge on any atom is -0.323 e. The van der Waals surface area contributed by atoms with E-state index in [-0.39, 0.29) is 6.04 Å². The van der Waals surface area contributed by atoms with E-state index in [1.165, 1.54) is 54.5 Å². The second kappa shape index (κ2) is 6.73. The lowest BCUT2D eigenvalue weighted by Crippen LogP contribution is -2.38. The minimum atomic E-state index is 0.135. The topological polar surface area (TPSA) is 29.3 Å². The fourth-order valence-corrected chi connectivity index (χ4v) is 3.73. The van der Waals surface area contributed by atoms with Crippen LogP contribution in [0.25, 0.3) is 0 Å². The number of hydrogen-bond donors (Lipinski definition) is 1. The standard InChI is InChI=1S/C18H30N2/c1-13-10-14(2)18(15(3)11-13)17(19)12-20-9-7-5-6-8-16(20)4/h10-11,16-17H,5-9,12,19H2,1-4H3. The molecule has 20 heavy (non-hydrogen) atoms. The van der Waals surface area contributed by atoms with Crippen LogP contribution in [-0.4, -0.2) is 24.0 Å². The highest BCUT2D eigenvalue weighted by Crippen LogP contribution is 2.25. The molecule has 0 saturated carbocycles. The molecule has 2 atom stereocenters. The molecular formula is C18H30N2. The van der Waals surface area contributed by atoms with E-state index in [2.05, 4.69) is 44.7 Å². The summed E-state index contributed by atoms with van der Waals surface area (Å²) in [5.74, 6) is 0. The van der Waals surface area contributed by atoms with Crippen LogP contribution in [0.3, 0.4) is 0 Å². The van der Waals surface area contributed by atoms with Gasteiger partial charge in [0.05, 0.1) is 0 Å². The van der Waals surface area contributed by atoms with Crippen molar-refractivity contribution >= 4 is 0 Å². The molecule has 0 bridgehead atoms. The van der Waals surface area contributed by atoms with Crippen molar-refractivity contribution in [2.75, 3.05) is 13.1 Å². The quantitative estimate of drug-likeness (QED) is 0.906. The lowest BCUT2D eigenvalue weighted by molar-refractivity contribution is 0.201. The van der Waals surface area contributed by atoms with Crippen molar-refractivity contribution in [2.45, 2.75) is 65.5 Å². The van der Waals surface area contributed by atoms with Gasteiger partial charge in [0, 0.05) is 18.6 Å². The van der Waals surface area contributed by atoms with Crippen LogP contribution < -0.4 is 5.73 Å². The van der Waals surface area contributed by atoms with Crippen molar-refractivity contribution in [1.29, 1.82) is 0 Å². The van der Waals surface area contributed by atoms with E-state index in [1.54, 1.807) is 0 Å². The molecule has 1 heterocycles. The summed E-state index contributed by atoms with van der Waals surface area (Å²) >= 11 is 0. The minimum absolute atomic E-state index is 0.135. The molecular weight excluding hydrogens is 244 g/mol. The van der Waals surface area contributed by atoms with Crippen molar-refractivity contribution in [2.24, 2.45) is 5.73 Å². The third kappa shape index (κ3) is 3.62. The number of nitrogens with zero attached hydrogens (tertiary/aromatic N) is 1. The molecule has 1 aliphatic rings. The third-order valence-electron chi connectivity index (χ3n) is 4.73. The molecule has 1 aromatic rings. The zero-order chi connectivity index (χ0) is 14.7. The van der Waals surface area contributed by atoms with E-state index >= 15 is 0 Å². The maximum absolute atomic E-state index is 6.55. The molecule has 1 fully saturated rings. The summed E-state index contributed by atoms with van der Waals surface area (Å²) in [6.45, 7) is 11.1. The van der Waals surface area contributed by atoms with Gasteiger partial charge >= 0.3 is 0 Å². The molecule has 1 aromatic carbocycles. The first-order valence-corrected chi connectivity index (χ1v) is 8.06. The van der Waals surface area contributed by atoms with Gasteiger partial charge in [-0.1, -0.05) is 30.5 Å². The Bertz CT molecular complexity index is 430. The van der Waals surface area contributed by atoms with Gasteiger partial charge in [-0.2, -0.15) is 0 Å². The molecule has 2 heteroatoms. The average Bonchev–Trinajstić information content (AvgIpc) is 2.53. The number of nitrogens with two attached hydrogens (primary N) is 1. The summed E-state index contributed by atoms with van der Waals surface area (Å²) in [4.78, 5) is 2.59. The van der Waals surface area contributed by atoms with E-state index in [9.17, 15) is 0 Å². The van der Waals surface area contributed by atoms with Crippen LogP contribution in [0, 0.1) is 20.8 Å². The molecule has 112 valence electrons. The van der Waals surface area contributed by atoms with Crippen LogP contribution in [0.15, 0.2) is 12.1 Å². The molecule has 0 radical (unpaired) electrons. The van der Waals surface area contributed by atoms with Crippen LogP contribution in [0.1, 0.15) is 60.9 Å². The molecule has 0 amide bonds. The molecule has 1 saturated heterocycles. The van der Waals surface area contributed by atoms with Crippen molar-refractivity contribution < 1.29 is 0 Å². The zero-order valence-corrected chi connectivity index (χ0v) is 13.6. The van der Waals surface area contributed by atoms with E-state index in [0.29, 0.717) is 6.04 Å². The van der Waals surface area contributed by atoms with E-state index in [4.69, 9.17) is 5.73 Å². The number of rotatable bonds is 3. The SMILES string of the molecule is Cc1cc(C)c(C(N)CN2CCCCCC2C)c(C)c1. The lowest BCUT2D eigenvalue weighted by Gasteiger charge is -2.31. The fourth-order valence-electron chi connectivity index (χ4n) is 3.73. The summed E-state index contributed by atoms with van der Waals surface area (Å²) in [7, 11) is 0. The number of hydrogen-bond acceptors (Lipinski definition) is 2. The normalized spacial score (nSPS) is 22.6. The molecule has 2 nitrogen and oxygen atoms in total. The van der Waals surface area contributed by atoms with Crippen LogP contribution in [-0.2, 0) is 0 Å². The van der Waals surface area contributed by atoms with Gasteiger partial charge in [-0.05, 0) is 63.8 Å². The largest absolute Gasteiger partial charge is 0.323 e. The molecule has 2 unspecified atom stereocenters. The van der Waals surface area contributed by atoms with Gasteiger partial charge in [-0.15, -0.1) is 0 Å². The van der Waals surface area contributed by atoms with Crippen LogP contribution >= 0.6 is 0 Å². The molecule has 2 rings (SSSR count). The fraction of sp³-hybridized carbons (Fsp3) is 0.667. The first kappa shape index (κ1) is 15.5. The smallest absolute Gasteiger partial charge is 0.0429 e. The third-order valence-corrected chi connectivity index (χ3v) is 4.73. The van der Waals surface area contributed by atoms with Gasteiger partial charge in [-0.25, -0.2) is 0 Å². The Morgan fingerprint density at radius 1 is 1.15 bits per heavy atom. The maximum Gasteiger partial charge on any atom is 0.0429 e. The molecule has 0 spiro atoms. The van der Waals surface area contributed by atoms with Gasteiger partial charge in [-0.3, -0.25) is 4.90 Å². The molecule has 2 N–H and O–H groups in total. The number of aryl methyl sites for hydroxylation is 3. The van der Waals surface area contributed by atoms with Gasteiger partial charge in [0.15, 0.2) is 0 Å². The predicted octanol–water partition coefficient (Wildman–Crippen LogP) is 3.88. The summed E-state index contributed by atoms with van der Waals surface area (Å²) in [6, 6.07) is 5.33. The number of benzene rings is 1. The summed E-state index contributed by atoms with van der Waals surface area (Å²) in [6.07, 6.45) is 5.38. The molecule has 1 aliphatic heterocycles. The Morgan fingerprint density at radius 2 is 1.80 bits per heavy atom. The average molecular weight is 274 g/mol. The molecule has 0 aromatic heterocycles. The molecule has 0 aliphatic carbocycles. The van der Waals surface area contributed by atoms with Crippen molar-refractivity contribution in [1.82, 2.24) is 4.90 Å². The Hall–Kier alpha value is -0.860. The maximum atomic E-state index is 6.55. The second-order valence-corrected chi connectivity index (χ2v) is 6.61.